The summed E-state index contributed by atoms with van der Waals surface area (Å²) in [5.74, 6) is -0.426. The Morgan fingerprint density at radius 1 is 0.929 bits per heavy atom. The highest BCUT2D eigenvalue weighted by molar-refractivity contribution is 5.61. The number of aromatic hydroxyl groups is 1. The van der Waals surface area contributed by atoms with Gasteiger partial charge in [-0.05, 0) is 42.5 Å². The first-order chi connectivity index (χ1) is 13.6. The van der Waals surface area contributed by atoms with Gasteiger partial charge in [-0.2, -0.15) is 0 Å². The van der Waals surface area contributed by atoms with Crippen molar-refractivity contribution in [2.75, 3.05) is 18.0 Å². The number of ether oxygens (including phenoxy) is 1. The maximum Gasteiger partial charge on any atom is 0.165 e. The van der Waals surface area contributed by atoms with E-state index in [9.17, 15) is 13.9 Å². The Morgan fingerprint density at radius 2 is 1.71 bits per heavy atom. The number of hydrogen-bond acceptors (Lipinski definition) is 5. The number of piperidine rings is 1. The molecule has 0 saturated carbocycles. The number of benzene rings is 2. The minimum absolute atomic E-state index is 0.0413. The molecule has 0 atom stereocenters. The van der Waals surface area contributed by atoms with Gasteiger partial charge in [-0.25, -0.2) is 8.78 Å². The second-order valence-electron chi connectivity index (χ2n) is 6.68. The van der Waals surface area contributed by atoms with Crippen LogP contribution in [0.15, 0.2) is 54.6 Å². The summed E-state index contributed by atoms with van der Waals surface area (Å²) in [6, 6.07) is 14.1. The molecule has 0 radical (unpaired) electrons. The van der Waals surface area contributed by atoms with Gasteiger partial charge in [-0.3, -0.25) is 0 Å². The lowest BCUT2D eigenvalue weighted by molar-refractivity contribution is 0.163. The molecule has 1 saturated heterocycles. The van der Waals surface area contributed by atoms with Crippen LogP contribution >= 0.6 is 0 Å². The van der Waals surface area contributed by atoms with Crippen molar-refractivity contribution in [3.8, 4) is 22.8 Å². The number of phenols is 1. The van der Waals surface area contributed by atoms with E-state index < -0.39 is 11.6 Å². The number of aromatic nitrogens is 2. The summed E-state index contributed by atoms with van der Waals surface area (Å²) in [4.78, 5) is 2.09. The molecular weight excluding hydrogens is 364 g/mol. The van der Waals surface area contributed by atoms with Crippen molar-refractivity contribution < 1.29 is 18.6 Å². The molecule has 0 unspecified atom stereocenters. The van der Waals surface area contributed by atoms with E-state index >= 15 is 0 Å². The lowest BCUT2D eigenvalue weighted by atomic mass is 10.1. The number of nitrogens with zero attached hydrogens (tertiary/aromatic N) is 3. The molecule has 28 heavy (non-hydrogen) atoms. The Labute approximate surface area is 161 Å². The summed E-state index contributed by atoms with van der Waals surface area (Å²) >= 11 is 0. The quantitative estimate of drug-likeness (QED) is 0.733. The van der Waals surface area contributed by atoms with Crippen LogP contribution < -0.4 is 9.64 Å². The van der Waals surface area contributed by atoms with E-state index in [1.54, 1.807) is 30.3 Å². The average Bonchev–Trinajstić information content (AvgIpc) is 2.72. The maximum absolute atomic E-state index is 13.7. The summed E-state index contributed by atoms with van der Waals surface area (Å²) in [6.45, 7) is 1.45. The Hall–Kier alpha value is -3.22. The second-order valence-corrected chi connectivity index (χ2v) is 6.68. The van der Waals surface area contributed by atoms with E-state index in [-0.39, 0.29) is 17.7 Å². The Morgan fingerprint density at radius 3 is 2.39 bits per heavy atom. The first-order valence-corrected chi connectivity index (χ1v) is 9.09. The molecule has 1 aliphatic heterocycles. The molecule has 1 aromatic heterocycles. The molecule has 2 aromatic carbocycles. The first-order valence-electron chi connectivity index (χ1n) is 9.09. The van der Waals surface area contributed by atoms with Crippen LogP contribution in [0.1, 0.15) is 12.8 Å². The number of rotatable bonds is 4. The third kappa shape index (κ3) is 3.88. The van der Waals surface area contributed by atoms with Gasteiger partial charge in [0.25, 0.3) is 0 Å². The smallest absolute Gasteiger partial charge is 0.165 e. The highest BCUT2D eigenvalue weighted by Crippen LogP contribution is 2.26. The van der Waals surface area contributed by atoms with Gasteiger partial charge < -0.3 is 14.7 Å². The number of phenolic OH excluding ortho intramolecular Hbond substituents is 1. The van der Waals surface area contributed by atoms with Gasteiger partial charge >= 0.3 is 0 Å². The van der Waals surface area contributed by atoms with E-state index in [1.165, 1.54) is 18.2 Å². The molecule has 1 N–H and O–H groups in total. The molecule has 0 bridgehead atoms. The minimum Gasteiger partial charge on any atom is -0.505 e. The standard InChI is InChI=1S/C21H19F2N3O2/c22-16-3-1-2-4-20(16)28-15-9-11-26(12-10-15)21-8-6-18(24-25-21)14-5-7-19(27)17(23)13-14/h1-8,13,15,27H,9-12H2. The lowest BCUT2D eigenvalue weighted by Gasteiger charge is -2.32. The van der Waals surface area contributed by atoms with Gasteiger partial charge in [0.2, 0.25) is 0 Å². The van der Waals surface area contributed by atoms with Gasteiger partial charge in [0, 0.05) is 31.5 Å². The van der Waals surface area contributed by atoms with Crippen LogP contribution in [0.3, 0.4) is 0 Å². The van der Waals surface area contributed by atoms with E-state index in [4.69, 9.17) is 4.74 Å². The summed E-state index contributed by atoms with van der Waals surface area (Å²) in [6.07, 6.45) is 1.46. The molecule has 3 aromatic rings. The molecular formula is C21H19F2N3O2. The van der Waals surface area contributed by atoms with E-state index in [2.05, 4.69) is 15.1 Å². The van der Waals surface area contributed by atoms with Gasteiger partial charge in [0.15, 0.2) is 29.0 Å². The van der Waals surface area contributed by atoms with Crippen molar-refractivity contribution in [2.24, 2.45) is 0 Å². The van der Waals surface area contributed by atoms with Crippen LogP contribution in [0.5, 0.6) is 11.5 Å². The highest BCUT2D eigenvalue weighted by Gasteiger charge is 2.22. The fraction of sp³-hybridized carbons (Fsp3) is 0.238. The van der Waals surface area contributed by atoms with Crippen LogP contribution in [0, 0.1) is 11.6 Å². The third-order valence-electron chi connectivity index (χ3n) is 4.79. The molecule has 7 heteroatoms. The van der Waals surface area contributed by atoms with Gasteiger partial charge in [0.05, 0.1) is 5.69 Å². The third-order valence-corrected chi connectivity index (χ3v) is 4.79. The second kappa shape index (κ2) is 7.80. The molecule has 144 valence electrons. The van der Waals surface area contributed by atoms with Crippen molar-refractivity contribution >= 4 is 5.82 Å². The molecule has 1 aliphatic rings. The molecule has 4 rings (SSSR count). The van der Waals surface area contributed by atoms with Crippen molar-refractivity contribution in [3.63, 3.8) is 0 Å². The summed E-state index contributed by atoms with van der Waals surface area (Å²) < 4.78 is 33.0. The largest absolute Gasteiger partial charge is 0.505 e. The van der Waals surface area contributed by atoms with Gasteiger partial charge in [-0.1, -0.05) is 12.1 Å². The highest BCUT2D eigenvalue weighted by atomic mass is 19.1. The Bertz CT molecular complexity index is 958. The molecule has 5 nitrogen and oxygen atoms in total. The van der Waals surface area contributed by atoms with E-state index in [1.807, 2.05) is 6.07 Å². The molecule has 2 heterocycles. The monoisotopic (exact) mass is 383 g/mol. The Balaban J connectivity index is 1.38. The normalized spacial score (nSPS) is 14.9. The SMILES string of the molecule is Oc1ccc(-c2ccc(N3CCC(Oc4ccccc4F)CC3)nn2)cc1F. The number of anilines is 1. The van der Waals surface area contributed by atoms with Crippen LogP contribution in [-0.4, -0.2) is 34.5 Å². The first kappa shape index (κ1) is 18.2. The molecule has 0 amide bonds. The van der Waals surface area contributed by atoms with E-state index in [0.717, 1.165) is 31.7 Å². The lowest BCUT2D eigenvalue weighted by Crippen LogP contribution is -2.38. The zero-order chi connectivity index (χ0) is 19.5. The average molecular weight is 383 g/mol. The maximum atomic E-state index is 13.7. The van der Waals surface area contributed by atoms with Gasteiger partial charge in [0.1, 0.15) is 6.10 Å². The summed E-state index contributed by atoms with van der Waals surface area (Å²) in [7, 11) is 0. The van der Waals surface area contributed by atoms with Crippen LogP contribution in [0.25, 0.3) is 11.3 Å². The van der Waals surface area contributed by atoms with Crippen molar-refractivity contribution in [2.45, 2.75) is 18.9 Å². The van der Waals surface area contributed by atoms with Crippen LogP contribution in [0.2, 0.25) is 0 Å². The minimum atomic E-state index is -0.694. The summed E-state index contributed by atoms with van der Waals surface area (Å²) in [5, 5.41) is 17.7. The van der Waals surface area contributed by atoms with Crippen LogP contribution in [-0.2, 0) is 0 Å². The topological polar surface area (TPSA) is 58.5 Å². The number of para-hydroxylation sites is 1. The van der Waals surface area contributed by atoms with Gasteiger partial charge in [-0.15, -0.1) is 10.2 Å². The number of hydrogen-bond donors (Lipinski definition) is 1. The van der Waals surface area contributed by atoms with Crippen molar-refractivity contribution in [3.05, 3.63) is 66.2 Å². The zero-order valence-electron chi connectivity index (χ0n) is 15.1. The zero-order valence-corrected chi connectivity index (χ0v) is 15.1. The van der Waals surface area contributed by atoms with Crippen LogP contribution in [0.4, 0.5) is 14.6 Å². The van der Waals surface area contributed by atoms with Crippen molar-refractivity contribution in [1.29, 1.82) is 0 Å². The molecule has 0 aliphatic carbocycles. The predicted molar refractivity (Wildman–Crippen MR) is 101 cm³/mol. The fourth-order valence-corrected chi connectivity index (χ4v) is 3.24. The number of halogens is 2. The summed E-state index contributed by atoms with van der Waals surface area (Å²) in [5.41, 5.74) is 1.08. The molecule has 1 fully saturated rings. The molecule has 0 spiro atoms. The van der Waals surface area contributed by atoms with E-state index in [0.29, 0.717) is 11.3 Å². The fourth-order valence-electron chi connectivity index (χ4n) is 3.24. The van der Waals surface area contributed by atoms with Crippen molar-refractivity contribution in [1.82, 2.24) is 10.2 Å². The Kier molecular flexibility index (Phi) is 5.06. The predicted octanol–water partition coefficient (Wildman–Crippen LogP) is 4.18.